The summed E-state index contributed by atoms with van der Waals surface area (Å²) in [4.78, 5) is 48.9. The molecule has 2 aromatic heterocycles. The molecule has 1 atom stereocenters. The zero-order valence-electron chi connectivity index (χ0n) is 28.1. The lowest BCUT2D eigenvalue weighted by Gasteiger charge is -2.26. The van der Waals surface area contributed by atoms with E-state index in [9.17, 15) is 19.7 Å². The molecule has 1 aliphatic rings. The number of rotatable bonds is 11. The van der Waals surface area contributed by atoms with Crippen LogP contribution in [-0.4, -0.2) is 58.6 Å². The zero-order valence-corrected chi connectivity index (χ0v) is 31.2. The van der Waals surface area contributed by atoms with Crippen LogP contribution in [0.5, 0.6) is 17.2 Å². The van der Waals surface area contributed by atoms with Gasteiger partial charge in [0.1, 0.15) is 0 Å². The average Bonchev–Trinajstić information content (AvgIpc) is 3.70. The summed E-state index contributed by atoms with van der Waals surface area (Å²) in [5.41, 5.74) is 1.23. The van der Waals surface area contributed by atoms with Crippen molar-refractivity contribution in [2.24, 2.45) is 4.99 Å². The number of esters is 1. The smallest absolute Gasteiger partial charge is 0.338 e. The molecule has 3 aromatic carbocycles. The zero-order chi connectivity index (χ0) is 37.3. The molecular weight excluding hydrogens is 755 g/mol. The first-order valence-electron chi connectivity index (χ1n) is 15.3. The van der Waals surface area contributed by atoms with Gasteiger partial charge in [0.15, 0.2) is 22.1 Å². The molecule has 0 amide bonds. The van der Waals surface area contributed by atoms with Crippen LogP contribution in [0.25, 0.3) is 17.5 Å². The number of carbonyl (C=O) groups is 1. The SMILES string of the molecule is CCOC(=O)C1=C(C)N=c2s/c(=C/c3ccc(Sc4n[nH]c(-c5ccc(Cl)cc5Cl)n4)c([N+](=O)[O-])c3)c(=O)n2[C@@H]1c1cc(OC)c(OC)c(OC)c1. The van der Waals surface area contributed by atoms with Gasteiger partial charge in [-0.25, -0.2) is 14.8 Å². The second-order valence-corrected chi connectivity index (χ2v) is 13.8. The van der Waals surface area contributed by atoms with Crippen molar-refractivity contribution in [1.82, 2.24) is 19.7 Å². The number of carbonyl (C=O) groups excluding carboxylic acids is 1. The second kappa shape index (κ2) is 15.2. The van der Waals surface area contributed by atoms with Gasteiger partial charge in [0.2, 0.25) is 10.9 Å². The summed E-state index contributed by atoms with van der Waals surface area (Å²) in [5.74, 6) is 0.687. The van der Waals surface area contributed by atoms with Crippen LogP contribution in [0.2, 0.25) is 10.0 Å². The van der Waals surface area contributed by atoms with Gasteiger partial charge in [0.05, 0.1) is 64.6 Å². The third kappa shape index (κ3) is 7.01. The van der Waals surface area contributed by atoms with Gasteiger partial charge in [-0.15, -0.1) is 5.10 Å². The van der Waals surface area contributed by atoms with E-state index >= 15 is 0 Å². The van der Waals surface area contributed by atoms with Crippen LogP contribution in [0.15, 0.2) is 79.6 Å². The minimum atomic E-state index is -0.978. The van der Waals surface area contributed by atoms with E-state index in [1.807, 2.05) is 0 Å². The standard InChI is InChI=1S/C34H28Cl2N6O8S2/c1-6-50-32(44)27-16(2)37-34-41(28(27)18-13-23(47-3)29(49-5)24(14-18)48-4)31(43)26(52-34)12-17-7-10-25(22(11-17)42(45)46)51-33-38-30(39-40-33)20-9-8-19(35)15-21(20)36/h7-15,28H,6H2,1-5H3,(H,38,39,40)/b26-12+/t28-/m1/s1. The lowest BCUT2D eigenvalue weighted by atomic mass is 9.95. The number of nitro groups is 1. The topological polar surface area (TPSA) is 173 Å². The predicted octanol–water partition coefficient (Wildman–Crippen LogP) is 5.98. The molecule has 18 heteroatoms. The summed E-state index contributed by atoms with van der Waals surface area (Å²) in [5, 5.41) is 20.3. The normalized spacial score (nSPS) is 14.1. The van der Waals surface area contributed by atoms with Crippen molar-refractivity contribution in [2.45, 2.75) is 29.9 Å². The molecule has 268 valence electrons. The fourth-order valence-corrected chi connectivity index (χ4v) is 7.91. The van der Waals surface area contributed by atoms with Gasteiger partial charge in [-0.2, -0.15) is 0 Å². The molecule has 0 radical (unpaired) electrons. The summed E-state index contributed by atoms with van der Waals surface area (Å²) in [6.45, 7) is 3.44. The van der Waals surface area contributed by atoms with Crippen LogP contribution in [0.1, 0.15) is 31.0 Å². The highest BCUT2D eigenvalue weighted by molar-refractivity contribution is 7.99. The minimum absolute atomic E-state index is 0.100. The molecule has 0 bridgehead atoms. The number of aromatic amines is 1. The summed E-state index contributed by atoms with van der Waals surface area (Å²) >= 11 is 14.4. The van der Waals surface area contributed by atoms with Gasteiger partial charge in [-0.1, -0.05) is 40.6 Å². The molecule has 1 N–H and O–H groups in total. The maximum absolute atomic E-state index is 14.2. The summed E-state index contributed by atoms with van der Waals surface area (Å²) in [6.07, 6.45) is 1.54. The summed E-state index contributed by atoms with van der Waals surface area (Å²) < 4.78 is 23.6. The fraction of sp³-hybridized carbons (Fsp3) is 0.206. The van der Waals surface area contributed by atoms with Gasteiger partial charge in [-0.3, -0.25) is 24.6 Å². The Morgan fingerprint density at radius 2 is 1.83 bits per heavy atom. The van der Waals surface area contributed by atoms with E-state index in [1.54, 1.807) is 56.3 Å². The molecule has 0 fully saturated rings. The Labute approximate surface area is 313 Å². The molecule has 14 nitrogen and oxygen atoms in total. The number of fused-ring (bicyclic) bond motifs is 1. The maximum Gasteiger partial charge on any atom is 0.338 e. The highest BCUT2D eigenvalue weighted by Crippen LogP contribution is 2.42. The number of nitrogens with zero attached hydrogens (tertiary/aromatic N) is 5. The van der Waals surface area contributed by atoms with E-state index in [1.165, 1.54) is 38.0 Å². The number of H-pyrrole nitrogens is 1. The second-order valence-electron chi connectivity index (χ2n) is 10.9. The molecule has 3 heterocycles. The first kappa shape index (κ1) is 36.6. The number of hydrogen-bond acceptors (Lipinski definition) is 13. The van der Waals surface area contributed by atoms with Crippen LogP contribution in [0.3, 0.4) is 0 Å². The number of hydrogen-bond donors (Lipinski definition) is 1. The average molecular weight is 784 g/mol. The van der Waals surface area contributed by atoms with E-state index in [0.29, 0.717) is 60.3 Å². The van der Waals surface area contributed by atoms with Crippen molar-refractivity contribution in [3.8, 4) is 28.6 Å². The number of nitrogens with one attached hydrogen (secondary N) is 1. The number of aromatic nitrogens is 4. The van der Waals surface area contributed by atoms with E-state index in [4.69, 9.17) is 42.1 Å². The number of benzene rings is 3. The number of halogens is 2. The molecule has 6 rings (SSSR count). The minimum Gasteiger partial charge on any atom is -0.493 e. The molecule has 52 heavy (non-hydrogen) atoms. The molecule has 0 aliphatic carbocycles. The lowest BCUT2D eigenvalue weighted by molar-refractivity contribution is -0.387. The Morgan fingerprint density at radius 1 is 1.10 bits per heavy atom. The predicted molar refractivity (Wildman–Crippen MR) is 196 cm³/mol. The van der Waals surface area contributed by atoms with Crippen LogP contribution >= 0.6 is 46.3 Å². The molecule has 1 aliphatic heterocycles. The van der Waals surface area contributed by atoms with Crippen molar-refractivity contribution >= 4 is 64.0 Å². The van der Waals surface area contributed by atoms with Crippen molar-refractivity contribution < 1.29 is 28.7 Å². The first-order chi connectivity index (χ1) is 25.0. The highest BCUT2D eigenvalue weighted by atomic mass is 35.5. The first-order valence-corrected chi connectivity index (χ1v) is 17.7. The van der Waals surface area contributed by atoms with Crippen LogP contribution in [0.4, 0.5) is 5.69 Å². The van der Waals surface area contributed by atoms with Crippen LogP contribution < -0.4 is 29.1 Å². The Hall–Kier alpha value is -5.16. The van der Waals surface area contributed by atoms with Gasteiger partial charge in [0, 0.05) is 16.7 Å². The fourth-order valence-electron chi connectivity index (χ4n) is 5.56. The molecule has 5 aromatic rings. The number of allylic oxidation sites excluding steroid dienone is 1. The van der Waals surface area contributed by atoms with Gasteiger partial charge >= 0.3 is 5.97 Å². The third-order valence-corrected chi connectivity index (χ3v) is 10.3. The molecule has 0 spiro atoms. The van der Waals surface area contributed by atoms with Gasteiger partial charge < -0.3 is 18.9 Å². The van der Waals surface area contributed by atoms with Gasteiger partial charge in [-0.05, 0) is 79.2 Å². The van der Waals surface area contributed by atoms with E-state index in [-0.39, 0.29) is 32.5 Å². The molecule has 0 saturated carbocycles. The van der Waals surface area contributed by atoms with E-state index in [0.717, 1.165) is 23.1 Å². The largest absolute Gasteiger partial charge is 0.493 e. The Kier molecular flexibility index (Phi) is 10.7. The highest BCUT2D eigenvalue weighted by Gasteiger charge is 2.35. The monoisotopic (exact) mass is 782 g/mol. The van der Waals surface area contributed by atoms with Gasteiger partial charge in [0.25, 0.3) is 11.2 Å². The molecule has 0 saturated heterocycles. The Balaban J connectivity index is 1.42. The molecule has 0 unspecified atom stereocenters. The van der Waals surface area contributed by atoms with E-state index in [2.05, 4.69) is 20.2 Å². The Bertz CT molecular complexity index is 2430. The summed E-state index contributed by atoms with van der Waals surface area (Å²) in [7, 11) is 4.39. The van der Waals surface area contributed by atoms with E-state index < -0.39 is 22.5 Å². The van der Waals surface area contributed by atoms with Crippen molar-refractivity contribution in [3.05, 3.63) is 111 Å². The number of ether oxygens (including phenoxy) is 4. The Morgan fingerprint density at radius 3 is 2.46 bits per heavy atom. The summed E-state index contributed by atoms with van der Waals surface area (Å²) in [6, 6.07) is 11.8. The third-order valence-electron chi connectivity index (χ3n) is 7.85. The van der Waals surface area contributed by atoms with Crippen LogP contribution in [0, 0.1) is 10.1 Å². The van der Waals surface area contributed by atoms with Crippen molar-refractivity contribution in [1.29, 1.82) is 0 Å². The number of methoxy groups -OCH3 is 3. The van der Waals surface area contributed by atoms with Crippen molar-refractivity contribution in [2.75, 3.05) is 27.9 Å². The quantitative estimate of drug-likeness (QED) is 0.0950. The lowest BCUT2D eigenvalue weighted by Crippen LogP contribution is -2.40. The van der Waals surface area contributed by atoms with Crippen molar-refractivity contribution in [3.63, 3.8) is 0 Å². The number of nitro benzene ring substituents is 1. The maximum atomic E-state index is 14.2. The van der Waals surface area contributed by atoms with Crippen LogP contribution in [-0.2, 0) is 9.53 Å². The number of thiazole rings is 1. The molecular formula is C34H28Cl2N6O8S2.